The molecular formula is C42H40GeIrN2S-2. The number of hydrogen-bond donors (Lipinski definition) is 0. The van der Waals surface area contributed by atoms with Gasteiger partial charge in [-0.3, -0.25) is 0 Å². The summed E-state index contributed by atoms with van der Waals surface area (Å²) in [6.45, 7) is 5.88. The molecule has 0 aliphatic carbocycles. The molecule has 7 aromatic rings. The SMILES string of the molecule is [2H]C([2H])(c1cc(-c2[c-]cccc2)nc[c]1[Ge]([CH3])([CH3])[CH3])C(C)(C)C.[2H]c1ccnc(-c2[c-]ccc3c2sc2cc(-c4c([2H])c([2H])c([2H])c([2H])c4[2H])ccc23)c1.[Ir]. The molecule has 239 valence electrons. The number of aromatic nitrogens is 2. The Kier molecular flexibility index (Phi) is 8.05. The van der Waals surface area contributed by atoms with Crippen molar-refractivity contribution in [3.8, 4) is 33.6 Å². The first kappa shape index (κ1) is 25.6. The Morgan fingerprint density at radius 1 is 0.809 bits per heavy atom. The van der Waals surface area contributed by atoms with Crippen LogP contribution in [0.1, 0.15) is 37.3 Å². The molecule has 4 aromatic carbocycles. The third kappa shape index (κ3) is 8.37. The van der Waals surface area contributed by atoms with Gasteiger partial charge in [-0.2, -0.15) is 11.3 Å². The van der Waals surface area contributed by atoms with Crippen molar-refractivity contribution >= 4 is 49.2 Å². The zero-order valence-corrected chi connectivity index (χ0v) is 32.5. The first-order valence-corrected chi connectivity index (χ1v) is 23.3. The van der Waals surface area contributed by atoms with E-state index < -0.39 is 31.1 Å². The van der Waals surface area contributed by atoms with Crippen molar-refractivity contribution in [2.24, 2.45) is 5.41 Å². The molecule has 1 radical (unpaired) electrons. The summed E-state index contributed by atoms with van der Waals surface area (Å²) in [7, 11) is 0. The van der Waals surface area contributed by atoms with E-state index in [-0.39, 0.29) is 49.8 Å². The molecule has 0 bridgehead atoms. The van der Waals surface area contributed by atoms with Crippen molar-refractivity contribution in [2.75, 3.05) is 0 Å². The van der Waals surface area contributed by atoms with Crippen LogP contribution >= 0.6 is 11.3 Å². The number of hydrogen-bond acceptors (Lipinski definition) is 3. The summed E-state index contributed by atoms with van der Waals surface area (Å²) < 4.78 is 68.7. The quantitative estimate of drug-likeness (QED) is 0.127. The fraction of sp³-hybridized carbons (Fsp3) is 0.190. The van der Waals surface area contributed by atoms with Crippen LogP contribution in [-0.4, -0.2) is 23.2 Å². The summed E-state index contributed by atoms with van der Waals surface area (Å²) in [6.07, 6.45) is 2.11. The maximum atomic E-state index is 8.76. The van der Waals surface area contributed by atoms with E-state index in [1.165, 1.54) is 11.3 Å². The van der Waals surface area contributed by atoms with Crippen molar-refractivity contribution in [3.63, 3.8) is 0 Å². The predicted octanol–water partition coefficient (Wildman–Crippen LogP) is 11.3. The Balaban J connectivity index is 0.000000217. The second-order valence-corrected chi connectivity index (χ2v) is 24.7. The largest absolute Gasteiger partial charge is 0.305 e. The van der Waals surface area contributed by atoms with E-state index in [9.17, 15) is 0 Å². The van der Waals surface area contributed by atoms with Gasteiger partial charge in [0.1, 0.15) is 0 Å². The Bertz CT molecular complexity index is 2500. The molecule has 0 fully saturated rings. The van der Waals surface area contributed by atoms with E-state index in [0.29, 0.717) is 17.3 Å². The van der Waals surface area contributed by atoms with Gasteiger partial charge in [0, 0.05) is 31.0 Å². The molecule has 0 atom stereocenters. The summed E-state index contributed by atoms with van der Waals surface area (Å²) >= 11 is -0.705. The van der Waals surface area contributed by atoms with Crippen molar-refractivity contribution in [2.45, 2.75) is 44.4 Å². The molecule has 0 aliphatic heterocycles. The Morgan fingerprint density at radius 3 is 2.32 bits per heavy atom. The van der Waals surface area contributed by atoms with Gasteiger partial charge in [0.25, 0.3) is 0 Å². The first-order chi connectivity index (χ1) is 25.3. The smallest absolute Gasteiger partial charge is 0.0629 e. The summed E-state index contributed by atoms with van der Waals surface area (Å²) in [5, 5.41) is 2.03. The van der Waals surface area contributed by atoms with Crippen LogP contribution < -0.4 is 4.40 Å². The Morgan fingerprint density at radius 2 is 1.62 bits per heavy atom. The molecule has 0 N–H and O–H groups in total. The Labute approximate surface area is 311 Å². The van der Waals surface area contributed by atoms with Crippen LogP contribution in [0.15, 0.2) is 121 Å². The molecule has 0 spiro atoms. The van der Waals surface area contributed by atoms with Crippen LogP contribution in [0, 0.1) is 17.5 Å². The maximum absolute atomic E-state index is 8.76. The third-order valence-electron chi connectivity index (χ3n) is 7.29. The van der Waals surface area contributed by atoms with Crippen molar-refractivity contribution < 1.29 is 31.1 Å². The van der Waals surface area contributed by atoms with E-state index in [0.717, 1.165) is 47.0 Å². The number of thiophene rings is 1. The number of nitrogens with zero attached hydrogens (tertiary/aromatic N) is 2. The second kappa shape index (κ2) is 14.8. The van der Waals surface area contributed by atoms with Gasteiger partial charge in [-0.15, -0.1) is 23.8 Å². The third-order valence-corrected chi connectivity index (χ3v) is 12.7. The molecule has 7 rings (SSSR count). The molecule has 0 amide bonds. The van der Waals surface area contributed by atoms with Crippen molar-refractivity contribution in [3.05, 3.63) is 139 Å². The fourth-order valence-electron chi connectivity index (χ4n) is 5.20. The molecule has 5 heteroatoms. The zero-order valence-electron chi connectivity index (χ0n) is 35.2. The summed E-state index contributed by atoms with van der Waals surface area (Å²) in [5.74, 6) is 6.86. The monoisotopic (exact) mass is 879 g/mol. The molecule has 2 nitrogen and oxygen atoms in total. The summed E-state index contributed by atoms with van der Waals surface area (Å²) in [6, 6.07) is 27.7. The van der Waals surface area contributed by atoms with E-state index in [2.05, 4.69) is 39.4 Å². The summed E-state index contributed by atoms with van der Waals surface area (Å²) in [5.41, 5.74) is 4.30. The number of benzene rings is 4. The molecule has 0 aliphatic rings. The predicted molar refractivity (Wildman–Crippen MR) is 201 cm³/mol. The van der Waals surface area contributed by atoms with Gasteiger partial charge in [-0.05, 0) is 39.0 Å². The van der Waals surface area contributed by atoms with Gasteiger partial charge in [0.15, 0.2) is 0 Å². The van der Waals surface area contributed by atoms with E-state index in [1.807, 2.05) is 81.6 Å². The van der Waals surface area contributed by atoms with Gasteiger partial charge < -0.3 is 4.98 Å². The van der Waals surface area contributed by atoms with Gasteiger partial charge in [0.2, 0.25) is 0 Å². The fourth-order valence-corrected chi connectivity index (χ4v) is 9.38. The number of pyridine rings is 2. The molecular weight excluding hydrogens is 829 g/mol. The molecule has 0 unspecified atom stereocenters. The average molecular weight is 878 g/mol. The molecule has 3 heterocycles. The minimum atomic E-state index is -2.24. The maximum Gasteiger partial charge on any atom is 0.0629 e. The minimum Gasteiger partial charge on any atom is -0.305 e. The number of rotatable bonds is 5. The normalized spacial score (nSPS) is 14.3. The topological polar surface area (TPSA) is 25.8 Å². The zero-order chi connectivity index (χ0) is 39.3. The van der Waals surface area contributed by atoms with Gasteiger partial charge >= 0.3 is 135 Å². The molecule has 0 saturated carbocycles. The van der Waals surface area contributed by atoms with Gasteiger partial charge in [-0.1, -0.05) is 59.8 Å². The van der Waals surface area contributed by atoms with E-state index >= 15 is 0 Å². The van der Waals surface area contributed by atoms with Gasteiger partial charge in [-0.25, -0.2) is 0 Å². The van der Waals surface area contributed by atoms with Crippen LogP contribution in [0.2, 0.25) is 17.3 Å². The summed E-state index contributed by atoms with van der Waals surface area (Å²) in [4.78, 5) is 9.01. The van der Waals surface area contributed by atoms with Crippen LogP contribution in [0.5, 0.6) is 0 Å². The molecule has 0 saturated heterocycles. The van der Waals surface area contributed by atoms with Crippen LogP contribution in [0.3, 0.4) is 0 Å². The number of fused-ring (bicyclic) bond motifs is 3. The van der Waals surface area contributed by atoms with Crippen LogP contribution in [0.25, 0.3) is 53.8 Å². The van der Waals surface area contributed by atoms with Crippen molar-refractivity contribution in [1.82, 2.24) is 9.97 Å². The standard InChI is InChI=1S/C23H14NS.C19H26GeN.Ir/c1-2-7-16(8-3-1)17-12-13-18-19-9-6-10-20(21-11-4-5-14-24-21)23(19)25-22(18)15-17;1-19(2,3)13-16-12-18(15-10-8-7-9-11-15)21-14-17(16)20(4,5)6;/h1-9,11-15H;7-10,12,14H,13H2,1-6H3;/q2*-1;/i1D,2D,3D,4D,7D,8D;13D2;. The second-order valence-electron chi connectivity index (χ2n) is 13.1. The van der Waals surface area contributed by atoms with Gasteiger partial charge in [0.05, 0.1) is 8.22 Å². The van der Waals surface area contributed by atoms with Crippen LogP contribution in [-0.2, 0) is 26.5 Å². The van der Waals surface area contributed by atoms with Crippen molar-refractivity contribution in [1.29, 1.82) is 0 Å². The van der Waals surface area contributed by atoms with E-state index in [4.69, 9.17) is 11.0 Å². The van der Waals surface area contributed by atoms with Crippen LogP contribution in [0.4, 0.5) is 0 Å². The molecule has 3 aromatic heterocycles. The average Bonchev–Trinajstić information content (AvgIpc) is 3.51. The Hall–Kier alpha value is -3.41. The molecule has 47 heavy (non-hydrogen) atoms. The minimum absolute atomic E-state index is 0. The van der Waals surface area contributed by atoms with E-state index in [1.54, 1.807) is 24.4 Å². The first-order valence-electron chi connectivity index (χ1n) is 19.2.